The van der Waals surface area contributed by atoms with Crippen molar-refractivity contribution < 1.29 is 9.13 Å². The average Bonchev–Trinajstić information content (AvgIpc) is 3.65. The number of nitrogens with zero attached hydrogens (tertiary/aromatic N) is 3. The number of aromatic nitrogens is 1. The van der Waals surface area contributed by atoms with Crippen molar-refractivity contribution >= 4 is 34.0 Å². The Morgan fingerprint density at radius 1 is 1.26 bits per heavy atom. The highest BCUT2D eigenvalue weighted by molar-refractivity contribution is 6.70. The van der Waals surface area contributed by atoms with Gasteiger partial charge in [-0.05, 0) is 56.9 Å². The third-order valence-electron chi connectivity index (χ3n) is 6.29. The van der Waals surface area contributed by atoms with E-state index in [1.54, 1.807) is 32.3 Å². The van der Waals surface area contributed by atoms with Crippen molar-refractivity contribution in [3.8, 4) is 5.75 Å². The number of anilines is 1. The summed E-state index contributed by atoms with van der Waals surface area (Å²) in [7, 11) is 1.59. The molecule has 1 fully saturated rings. The minimum atomic E-state index is -0.588. The molecule has 7 nitrogen and oxygen atoms in total. The van der Waals surface area contributed by atoms with Gasteiger partial charge in [0.2, 0.25) is 0 Å². The number of nitrogens with two attached hydrogens (primary N) is 3. The first-order chi connectivity index (χ1) is 16.7. The van der Waals surface area contributed by atoms with Crippen molar-refractivity contribution in [1.29, 1.82) is 0 Å². The zero-order valence-electron chi connectivity index (χ0n) is 20.1. The fraction of sp³-hybridized carbons (Fsp3) is 0.346. The molecule has 1 atom stereocenters. The summed E-state index contributed by atoms with van der Waals surface area (Å²) in [5.74, 6) is 0.736. The Balaban J connectivity index is 2.02. The second-order valence-electron chi connectivity index (χ2n) is 8.98. The molecule has 1 aromatic carbocycles. The number of nitrogen functional groups attached to an aromatic ring is 1. The second-order valence-corrected chi connectivity index (χ2v) is 9.33. The topological polar surface area (TPSA) is 125 Å². The smallest absolute Gasteiger partial charge is 0.166 e. The molecule has 1 aliphatic heterocycles. The fourth-order valence-corrected chi connectivity index (χ4v) is 4.26. The van der Waals surface area contributed by atoms with Crippen molar-refractivity contribution in [2.75, 3.05) is 19.3 Å². The van der Waals surface area contributed by atoms with Crippen LogP contribution in [0.3, 0.4) is 0 Å². The third kappa shape index (κ3) is 5.32. The maximum absolute atomic E-state index is 14.3. The van der Waals surface area contributed by atoms with Crippen molar-refractivity contribution in [2.24, 2.45) is 27.4 Å². The summed E-state index contributed by atoms with van der Waals surface area (Å²) in [6.07, 6.45) is 3.66. The summed E-state index contributed by atoms with van der Waals surface area (Å²) >= 11 is 6.58. The van der Waals surface area contributed by atoms with Gasteiger partial charge in [0.15, 0.2) is 11.6 Å². The largest absolute Gasteiger partial charge is 0.482 e. The predicted octanol–water partition coefficient (Wildman–Crippen LogP) is 4.72. The van der Waals surface area contributed by atoms with Gasteiger partial charge >= 0.3 is 0 Å². The number of pyridine rings is 1. The Morgan fingerprint density at radius 3 is 2.66 bits per heavy atom. The molecule has 4 rings (SSSR count). The molecule has 2 aliphatic rings. The molecule has 1 aromatic heterocycles. The Labute approximate surface area is 209 Å². The van der Waals surface area contributed by atoms with Crippen molar-refractivity contribution in [3.63, 3.8) is 0 Å². The van der Waals surface area contributed by atoms with Crippen LogP contribution >= 0.6 is 11.6 Å². The molecular weight excluding hydrogens is 467 g/mol. The molecule has 35 heavy (non-hydrogen) atoms. The molecule has 184 valence electrons. The number of halogens is 2. The summed E-state index contributed by atoms with van der Waals surface area (Å²) in [4.78, 5) is 13.5. The van der Waals surface area contributed by atoms with Gasteiger partial charge in [0, 0.05) is 65.4 Å². The standard InChI is InChI=1S/C26H30ClFN6O/c1-13(29)19-10-21(25(27)32-3)23(30)18-7-6-17(28)9-20(18)14(2)35-22-8-16(12-34-26(22)31)24(19)33-11-15-4-5-15/h6-9,12,14-15H,4-5,10-11,29-30H2,1-3H3,(H2,31,34)/t14-/m1/s1. The SMILES string of the molecule is CN=C(Cl)C1=C(N)c2ccc(F)cc2[C@@H](C)Oc2cc(cnc2N)C(=NCC2CC2)C(=C(C)N)C1. The van der Waals surface area contributed by atoms with E-state index in [0.29, 0.717) is 57.6 Å². The zero-order valence-corrected chi connectivity index (χ0v) is 20.9. The second kappa shape index (κ2) is 10.1. The van der Waals surface area contributed by atoms with Crippen LogP contribution < -0.4 is 21.9 Å². The van der Waals surface area contributed by atoms with Gasteiger partial charge in [-0.1, -0.05) is 11.6 Å². The highest BCUT2D eigenvalue weighted by atomic mass is 35.5. The van der Waals surface area contributed by atoms with Crippen LogP contribution in [-0.2, 0) is 0 Å². The Kier molecular flexibility index (Phi) is 7.12. The van der Waals surface area contributed by atoms with E-state index in [1.165, 1.54) is 12.1 Å². The van der Waals surface area contributed by atoms with Gasteiger partial charge in [-0.2, -0.15) is 0 Å². The molecule has 2 aromatic rings. The lowest BCUT2D eigenvalue weighted by Crippen LogP contribution is -2.19. The first-order valence-electron chi connectivity index (χ1n) is 11.5. The normalized spacial score (nSPS) is 21.7. The van der Waals surface area contributed by atoms with E-state index in [2.05, 4.69) is 9.98 Å². The van der Waals surface area contributed by atoms with E-state index in [0.717, 1.165) is 18.4 Å². The average molecular weight is 497 g/mol. The molecule has 0 saturated heterocycles. The molecule has 0 spiro atoms. The van der Waals surface area contributed by atoms with Crippen LogP contribution in [0.25, 0.3) is 5.70 Å². The lowest BCUT2D eigenvalue weighted by atomic mass is 9.91. The van der Waals surface area contributed by atoms with Gasteiger partial charge in [-0.15, -0.1) is 0 Å². The molecule has 0 unspecified atom stereocenters. The summed E-state index contributed by atoms with van der Waals surface area (Å²) in [6, 6.07) is 6.16. The molecule has 0 radical (unpaired) electrons. The maximum atomic E-state index is 14.3. The van der Waals surface area contributed by atoms with Crippen molar-refractivity contribution in [3.05, 3.63) is 69.8 Å². The monoisotopic (exact) mass is 496 g/mol. The lowest BCUT2D eigenvalue weighted by Gasteiger charge is -2.24. The highest BCUT2D eigenvalue weighted by Gasteiger charge is 2.26. The van der Waals surface area contributed by atoms with E-state index in [1.807, 2.05) is 6.92 Å². The van der Waals surface area contributed by atoms with Crippen LogP contribution in [0.1, 0.15) is 55.9 Å². The zero-order chi connectivity index (χ0) is 25.3. The summed E-state index contributed by atoms with van der Waals surface area (Å²) in [6.45, 7) is 4.29. The van der Waals surface area contributed by atoms with Gasteiger partial charge in [0.05, 0.1) is 5.71 Å². The lowest BCUT2D eigenvalue weighted by molar-refractivity contribution is 0.226. The quantitative estimate of drug-likeness (QED) is 0.530. The molecule has 9 heteroatoms. The number of ether oxygens (including phenoxy) is 1. The molecular formula is C26H30ClFN6O. The van der Waals surface area contributed by atoms with Gasteiger partial charge in [0.1, 0.15) is 17.1 Å². The van der Waals surface area contributed by atoms with Crippen LogP contribution in [0, 0.1) is 11.7 Å². The van der Waals surface area contributed by atoms with E-state index in [9.17, 15) is 4.39 Å². The molecule has 2 heterocycles. The molecule has 6 N–H and O–H groups in total. The Morgan fingerprint density at radius 2 is 2.00 bits per heavy atom. The summed E-state index contributed by atoms with van der Waals surface area (Å²) < 4.78 is 20.5. The molecule has 1 saturated carbocycles. The van der Waals surface area contributed by atoms with Crippen LogP contribution in [0.2, 0.25) is 0 Å². The highest BCUT2D eigenvalue weighted by Crippen LogP contribution is 2.36. The molecule has 2 bridgehead atoms. The van der Waals surface area contributed by atoms with Crippen molar-refractivity contribution in [2.45, 2.75) is 39.2 Å². The minimum Gasteiger partial charge on any atom is -0.482 e. The van der Waals surface area contributed by atoms with Gasteiger partial charge in [0.25, 0.3) is 0 Å². The molecule has 1 aliphatic carbocycles. The number of hydrogen-bond donors (Lipinski definition) is 3. The Bertz CT molecular complexity index is 1270. The van der Waals surface area contributed by atoms with E-state index in [4.69, 9.17) is 38.5 Å². The number of rotatable bonds is 3. The van der Waals surface area contributed by atoms with Gasteiger partial charge < -0.3 is 21.9 Å². The third-order valence-corrected chi connectivity index (χ3v) is 6.69. The van der Waals surface area contributed by atoms with Crippen LogP contribution in [0.15, 0.2) is 57.3 Å². The minimum absolute atomic E-state index is 0.220. The van der Waals surface area contributed by atoms with E-state index in [-0.39, 0.29) is 17.4 Å². The van der Waals surface area contributed by atoms with Gasteiger partial charge in [-0.25, -0.2) is 9.37 Å². The number of aliphatic imine (C=N–C) groups is 2. The summed E-state index contributed by atoms with van der Waals surface area (Å²) in [5, 5.41) is 0.236. The number of hydrogen-bond acceptors (Lipinski definition) is 7. The van der Waals surface area contributed by atoms with E-state index >= 15 is 0 Å². The Hall–Kier alpha value is -3.39. The van der Waals surface area contributed by atoms with E-state index < -0.39 is 11.9 Å². The first-order valence-corrected chi connectivity index (χ1v) is 11.9. The molecule has 0 amide bonds. The number of benzene rings is 1. The number of allylic oxidation sites excluding steroid dienone is 3. The van der Waals surface area contributed by atoms with Crippen molar-refractivity contribution in [1.82, 2.24) is 4.98 Å². The predicted molar refractivity (Wildman–Crippen MR) is 140 cm³/mol. The number of fused-ring (bicyclic) bond motifs is 3. The maximum Gasteiger partial charge on any atom is 0.166 e. The first kappa shape index (κ1) is 24.7. The van der Waals surface area contributed by atoms with Crippen LogP contribution in [0.4, 0.5) is 10.2 Å². The van der Waals surface area contributed by atoms with Gasteiger partial charge in [-0.3, -0.25) is 9.98 Å². The summed E-state index contributed by atoms with van der Waals surface area (Å²) in [5.41, 5.74) is 24.0. The fourth-order valence-electron chi connectivity index (χ4n) is 4.09. The van der Waals surface area contributed by atoms with Crippen LogP contribution in [0.5, 0.6) is 5.75 Å². The van der Waals surface area contributed by atoms with Crippen LogP contribution in [-0.4, -0.2) is 29.5 Å².